The number of hydrogen-bond acceptors (Lipinski definition) is 3. The molecule has 1 fully saturated rings. The van der Waals surface area contributed by atoms with Crippen LogP contribution in [0.4, 0.5) is 0 Å². The highest BCUT2D eigenvalue weighted by atomic mass is 16.5. The molecule has 0 aromatic heterocycles. The molecule has 1 saturated heterocycles. The maximum Gasteiger partial charge on any atom is 0.0587 e. The van der Waals surface area contributed by atoms with E-state index in [1.54, 1.807) is 7.11 Å². The Morgan fingerprint density at radius 1 is 1.17 bits per heavy atom. The number of hydrogen-bond donors (Lipinski definition) is 1. The topological polar surface area (TPSA) is 24.5 Å². The quantitative estimate of drug-likeness (QED) is 0.642. The first kappa shape index (κ1) is 15.9. The maximum absolute atomic E-state index is 5.01. The summed E-state index contributed by atoms with van der Waals surface area (Å²) < 4.78 is 5.01. The van der Waals surface area contributed by atoms with Gasteiger partial charge in [0.15, 0.2) is 0 Å². The summed E-state index contributed by atoms with van der Waals surface area (Å²) in [6.07, 6.45) is 8.27. The molecule has 3 nitrogen and oxygen atoms in total. The summed E-state index contributed by atoms with van der Waals surface area (Å²) >= 11 is 0. The zero-order valence-corrected chi connectivity index (χ0v) is 12.4. The molecule has 1 rings (SSSR count). The van der Waals surface area contributed by atoms with Crippen LogP contribution in [0.5, 0.6) is 0 Å². The van der Waals surface area contributed by atoms with Crippen LogP contribution in [0.3, 0.4) is 0 Å². The van der Waals surface area contributed by atoms with E-state index in [2.05, 4.69) is 17.1 Å². The molecule has 0 saturated carbocycles. The SMILES string of the molecule is CCC1CCCN(CCCCNCCOC)CC1. The van der Waals surface area contributed by atoms with Crippen molar-refractivity contribution in [2.24, 2.45) is 5.92 Å². The van der Waals surface area contributed by atoms with Crippen molar-refractivity contribution in [1.82, 2.24) is 10.2 Å². The number of nitrogens with one attached hydrogen (secondary N) is 1. The molecule has 1 aliphatic rings. The average molecular weight is 256 g/mol. The van der Waals surface area contributed by atoms with Gasteiger partial charge in [0.05, 0.1) is 6.61 Å². The van der Waals surface area contributed by atoms with Crippen LogP contribution in [0, 0.1) is 5.92 Å². The molecule has 1 heterocycles. The van der Waals surface area contributed by atoms with Gasteiger partial charge in [0.25, 0.3) is 0 Å². The Hall–Kier alpha value is -0.120. The van der Waals surface area contributed by atoms with Crippen molar-refractivity contribution in [3.63, 3.8) is 0 Å². The third kappa shape index (κ3) is 7.34. The molecular weight excluding hydrogens is 224 g/mol. The molecule has 0 radical (unpaired) electrons. The fourth-order valence-corrected chi connectivity index (χ4v) is 2.74. The van der Waals surface area contributed by atoms with Crippen molar-refractivity contribution in [2.75, 3.05) is 46.4 Å². The van der Waals surface area contributed by atoms with Gasteiger partial charge in [-0.25, -0.2) is 0 Å². The summed E-state index contributed by atoms with van der Waals surface area (Å²) in [7, 11) is 1.75. The number of rotatable bonds is 9. The number of ether oxygens (including phenoxy) is 1. The smallest absolute Gasteiger partial charge is 0.0587 e. The van der Waals surface area contributed by atoms with E-state index in [0.29, 0.717) is 0 Å². The van der Waals surface area contributed by atoms with Gasteiger partial charge in [0, 0.05) is 13.7 Å². The van der Waals surface area contributed by atoms with E-state index >= 15 is 0 Å². The maximum atomic E-state index is 5.01. The Bertz CT molecular complexity index is 187. The van der Waals surface area contributed by atoms with Crippen LogP contribution < -0.4 is 5.32 Å². The highest BCUT2D eigenvalue weighted by Crippen LogP contribution is 2.20. The second kappa shape index (κ2) is 10.8. The molecule has 0 spiro atoms. The average Bonchev–Trinajstić information content (AvgIpc) is 2.63. The van der Waals surface area contributed by atoms with E-state index in [-0.39, 0.29) is 0 Å². The van der Waals surface area contributed by atoms with Gasteiger partial charge in [-0.3, -0.25) is 0 Å². The van der Waals surface area contributed by atoms with Crippen molar-refractivity contribution < 1.29 is 4.74 Å². The summed E-state index contributed by atoms with van der Waals surface area (Å²) in [5, 5.41) is 3.41. The summed E-state index contributed by atoms with van der Waals surface area (Å²) in [5.41, 5.74) is 0. The number of likely N-dealkylation sites (tertiary alicyclic amines) is 1. The normalized spacial score (nSPS) is 22.0. The highest BCUT2D eigenvalue weighted by Gasteiger charge is 2.14. The second-order valence-electron chi connectivity index (χ2n) is 5.50. The minimum Gasteiger partial charge on any atom is -0.383 e. The summed E-state index contributed by atoms with van der Waals surface area (Å²) in [4.78, 5) is 2.67. The third-order valence-electron chi connectivity index (χ3n) is 4.08. The van der Waals surface area contributed by atoms with E-state index in [1.165, 1.54) is 58.2 Å². The largest absolute Gasteiger partial charge is 0.383 e. The first-order chi connectivity index (χ1) is 8.86. The number of methoxy groups -OCH3 is 1. The molecule has 1 N–H and O–H groups in total. The number of unbranched alkanes of at least 4 members (excludes halogenated alkanes) is 1. The van der Waals surface area contributed by atoms with Crippen LogP contribution in [-0.2, 0) is 4.74 Å². The molecule has 1 aliphatic heterocycles. The van der Waals surface area contributed by atoms with Crippen LogP contribution in [0.2, 0.25) is 0 Å². The van der Waals surface area contributed by atoms with Gasteiger partial charge in [0.1, 0.15) is 0 Å². The van der Waals surface area contributed by atoms with Crippen LogP contribution in [-0.4, -0.2) is 51.3 Å². The third-order valence-corrected chi connectivity index (χ3v) is 4.08. The van der Waals surface area contributed by atoms with Crippen molar-refractivity contribution in [1.29, 1.82) is 0 Å². The lowest BCUT2D eigenvalue weighted by Crippen LogP contribution is -2.27. The lowest BCUT2D eigenvalue weighted by atomic mass is 9.98. The van der Waals surface area contributed by atoms with Gasteiger partial charge in [-0.2, -0.15) is 0 Å². The van der Waals surface area contributed by atoms with Crippen molar-refractivity contribution in [2.45, 2.75) is 45.4 Å². The van der Waals surface area contributed by atoms with Gasteiger partial charge < -0.3 is 15.0 Å². The predicted molar refractivity (Wildman–Crippen MR) is 78.1 cm³/mol. The monoisotopic (exact) mass is 256 g/mol. The molecule has 0 amide bonds. The van der Waals surface area contributed by atoms with E-state index in [0.717, 1.165) is 25.6 Å². The first-order valence-electron chi connectivity index (χ1n) is 7.78. The summed E-state index contributed by atoms with van der Waals surface area (Å²) in [5.74, 6) is 0.991. The van der Waals surface area contributed by atoms with E-state index in [4.69, 9.17) is 4.74 Å². The van der Waals surface area contributed by atoms with Gasteiger partial charge in [-0.05, 0) is 64.2 Å². The molecule has 0 bridgehead atoms. The van der Waals surface area contributed by atoms with E-state index in [1.807, 2.05) is 0 Å². The molecule has 1 unspecified atom stereocenters. The zero-order valence-electron chi connectivity index (χ0n) is 12.4. The first-order valence-corrected chi connectivity index (χ1v) is 7.78. The van der Waals surface area contributed by atoms with Gasteiger partial charge >= 0.3 is 0 Å². The van der Waals surface area contributed by atoms with Gasteiger partial charge in [-0.1, -0.05) is 13.3 Å². The molecule has 1 atom stereocenters. The lowest BCUT2D eigenvalue weighted by molar-refractivity contribution is 0.199. The van der Waals surface area contributed by atoms with Crippen LogP contribution in [0.1, 0.15) is 45.4 Å². The van der Waals surface area contributed by atoms with Crippen LogP contribution in [0.25, 0.3) is 0 Å². The number of nitrogens with zero attached hydrogens (tertiary/aromatic N) is 1. The van der Waals surface area contributed by atoms with E-state index < -0.39 is 0 Å². The van der Waals surface area contributed by atoms with Crippen molar-refractivity contribution in [3.8, 4) is 0 Å². The molecule has 0 aromatic carbocycles. The van der Waals surface area contributed by atoms with Crippen LogP contribution >= 0.6 is 0 Å². The minimum atomic E-state index is 0.824. The molecule has 18 heavy (non-hydrogen) atoms. The molecule has 0 aliphatic carbocycles. The van der Waals surface area contributed by atoms with Crippen molar-refractivity contribution in [3.05, 3.63) is 0 Å². The molecule has 108 valence electrons. The Morgan fingerprint density at radius 3 is 2.83 bits per heavy atom. The van der Waals surface area contributed by atoms with Crippen molar-refractivity contribution >= 4 is 0 Å². The fraction of sp³-hybridized carbons (Fsp3) is 1.00. The Kier molecular flexibility index (Phi) is 9.54. The van der Waals surface area contributed by atoms with Gasteiger partial charge in [-0.15, -0.1) is 0 Å². The lowest BCUT2D eigenvalue weighted by Gasteiger charge is -2.19. The minimum absolute atomic E-state index is 0.824. The molecule has 3 heteroatoms. The summed E-state index contributed by atoms with van der Waals surface area (Å²) in [6.45, 7) is 9.23. The Morgan fingerprint density at radius 2 is 2.06 bits per heavy atom. The predicted octanol–water partition coefficient (Wildman–Crippen LogP) is 2.51. The van der Waals surface area contributed by atoms with Crippen LogP contribution in [0.15, 0.2) is 0 Å². The Labute approximate surface area is 113 Å². The standard InChI is InChI=1S/C15H32N2O/c1-3-15-7-6-12-17(13-8-15)11-5-4-9-16-10-14-18-2/h15-16H,3-14H2,1-2H3. The van der Waals surface area contributed by atoms with E-state index in [9.17, 15) is 0 Å². The Balaban J connectivity index is 1.95. The fourth-order valence-electron chi connectivity index (χ4n) is 2.74. The molecule has 0 aromatic rings. The highest BCUT2D eigenvalue weighted by molar-refractivity contribution is 4.69. The van der Waals surface area contributed by atoms with Gasteiger partial charge in [0.2, 0.25) is 0 Å². The zero-order chi connectivity index (χ0) is 13.1. The second-order valence-corrected chi connectivity index (χ2v) is 5.50. The summed E-state index contributed by atoms with van der Waals surface area (Å²) in [6, 6.07) is 0. The molecular formula is C15H32N2O.